The van der Waals surface area contributed by atoms with Crippen molar-refractivity contribution >= 4 is 34.8 Å². The van der Waals surface area contributed by atoms with E-state index in [1.807, 2.05) is 0 Å². The summed E-state index contributed by atoms with van der Waals surface area (Å²) in [6, 6.07) is 3.69. The monoisotopic (exact) mass is 282 g/mol. The van der Waals surface area contributed by atoms with Gasteiger partial charge in [-0.05, 0) is 25.1 Å². The van der Waals surface area contributed by atoms with Crippen molar-refractivity contribution in [3.63, 3.8) is 0 Å². The average Bonchev–Trinajstić information content (AvgIpc) is 2.26. The lowest BCUT2D eigenvalue weighted by Gasteiger charge is -2.14. The van der Waals surface area contributed by atoms with E-state index in [-0.39, 0.29) is 29.6 Å². The number of ketones is 2. The third-order valence-corrected chi connectivity index (χ3v) is 2.81. The van der Waals surface area contributed by atoms with Gasteiger partial charge in [-0.3, -0.25) is 14.4 Å². The molecular weight excluding hydrogens is 268 g/mol. The zero-order valence-electron chi connectivity index (χ0n) is 10.7. The zero-order valence-corrected chi connectivity index (χ0v) is 11.5. The van der Waals surface area contributed by atoms with Crippen LogP contribution in [0.4, 0.5) is 5.69 Å². The Hall–Kier alpha value is -1.88. The molecule has 0 heterocycles. The number of amides is 1. The Labute approximate surface area is 116 Å². The molecular formula is C13H15ClN2O3. The number of benzene rings is 1. The summed E-state index contributed by atoms with van der Waals surface area (Å²) in [7, 11) is 0. The topological polar surface area (TPSA) is 89.3 Å². The molecule has 0 aliphatic heterocycles. The van der Waals surface area contributed by atoms with Gasteiger partial charge in [0.15, 0.2) is 11.6 Å². The first kappa shape index (κ1) is 15.2. The van der Waals surface area contributed by atoms with Crippen LogP contribution in [0.3, 0.4) is 0 Å². The zero-order chi connectivity index (χ0) is 14.6. The van der Waals surface area contributed by atoms with Crippen LogP contribution in [0.5, 0.6) is 0 Å². The first-order valence-corrected chi connectivity index (χ1v) is 6.05. The van der Waals surface area contributed by atoms with Crippen molar-refractivity contribution in [1.29, 1.82) is 0 Å². The average molecular weight is 283 g/mol. The molecule has 1 aromatic rings. The lowest BCUT2D eigenvalue weighted by molar-refractivity contribution is -0.125. The van der Waals surface area contributed by atoms with Crippen molar-refractivity contribution in [3.8, 4) is 0 Å². The minimum absolute atomic E-state index is 0.124. The Kier molecular flexibility index (Phi) is 5.06. The van der Waals surface area contributed by atoms with E-state index >= 15 is 0 Å². The van der Waals surface area contributed by atoms with Gasteiger partial charge in [-0.1, -0.05) is 11.6 Å². The molecule has 1 amide bonds. The van der Waals surface area contributed by atoms with Gasteiger partial charge in [-0.25, -0.2) is 0 Å². The van der Waals surface area contributed by atoms with Crippen LogP contribution >= 0.6 is 11.6 Å². The minimum atomic E-state index is -0.833. The van der Waals surface area contributed by atoms with Gasteiger partial charge in [0.25, 0.3) is 0 Å². The highest BCUT2D eigenvalue weighted by Gasteiger charge is 2.21. The normalized spacial score (nSPS) is 11.7. The third kappa shape index (κ3) is 4.37. The van der Waals surface area contributed by atoms with Gasteiger partial charge in [0.2, 0.25) is 5.91 Å². The molecule has 1 rings (SSSR count). The number of hydrogen-bond acceptors (Lipinski definition) is 4. The van der Waals surface area contributed by atoms with E-state index in [0.717, 1.165) is 0 Å². The summed E-state index contributed by atoms with van der Waals surface area (Å²) < 4.78 is 0. The highest BCUT2D eigenvalue weighted by atomic mass is 35.5. The Balaban J connectivity index is 2.87. The largest absolute Gasteiger partial charge is 0.398 e. The first-order valence-electron chi connectivity index (χ1n) is 5.67. The minimum Gasteiger partial charge on any atom is -0.398 e. The number of carbonyl (C=O) groups excluding carboxylic acids is 3. The van der Waals surface area contributed by atoms with E-state index in [0.29, 0.717) is 10.6 Å². The molecule has 0 fully saturated rings. The standard InChI is InChI=1S/C13H15ClN2O3/c1-7(17)12(16-8(2)18)6-13(19)10-4-3-9(14)5-11(10)15/h3-5,12H,6,15H2,1-2H3,(H,16,18). The van der Waals surface area contributed by atoms with Crippen LogP contribution in [0.1, 0.15) is 30.6 Å². The molecule has 1 unspecified atom stereocenters. The van der Waals surface area contributed by atoms with Crippen LogP contribution in [0.15, 0.2) is 18.2 Å². The van der Waals surface area contributed by atoms with Gasteiger partial charge in [-0.2, -0.15) is 0 Å². The predicted octanol–water partition coefficient (Wildman–Crippen LogP) is 1.59. The maximum atomic E-state index is 12.0. The molecule has 5 nitrogen and oxygen atoms in total. The van der Waals surface area contributed by atoms with Gasteiger partial charge >= 0.3 is 0 Å². The molecule has 0 aromatic heterocycles. The fraction of sp³-hybridized carbons (Fsp3) is 0.308. The third-order valence-electron chi connectivity index (χ3n) is 2.57. The number of halogens is 1. The Morgan fingerprint density at radius 2 is 1.95 bits per heavy atom. The Morgan fingerprint density at radius 3 is 2.42 bits per heavy atom. The number of nitrogens with two attached hydrogens (primary N) is 1. The maximum absolute atomic E-state index is 12.0. The molecule has 0 bridgehead atoms. The molecule has 1 atom stereocenters. The van der Waals surface area contributed by atoms with Crippen molar-refractivity contribution in [1.82, 2.24) is 5.32 Å². The predicted molar refractivity (Wildman–Crippen MR) is 73.1 cm³/mol. The smallest absolute Gasteiger partial charge is 0.217 e. The van der Waals surface area contributed by atoms with Gasteiger partial charge in [0.05, 0.1) is 6.04 Å². The van der Waals surface area contributed by atoms with Crippen molar-refractivity contribution in [2.24, 2.45) is 0 Å². The van der Waals surface area contributed by atoms with E-state index in [4.69, 9.17) is 17.3 Å². The highest BCUT2D eigenvalue weighted by molar-refractivity contribution is 6.31. The molecule has 102 valence electrons. The van der Waals surface area contributed by atoms with Crippen molar-refractivity contribution in [3.05, 3.63) is 28.8 Å². The first-order chi connectivity index (χ1) is 8.81. The summed E-state index contributed by atoms with van der Waals surface area (Å²) in [6.07, 6.45) is -0.124. The van der Waals surface area contributed by atoms with Crippen LogP contribution in [0, 0.1) is 0 Å². The molecule has 19 heavy (non-hydrogen) atoms. The molecule has 3 N–H and O–H groups in total. The number of rotatable bonds is 5. The molecule has 0 aliphatic carbocycles. The Morgan fingerprint density at radius 1 is 1.32 bits per heavy atom. The second-order valence-corrected chi connectivity index (χ2v) is 4.66. The maximum Gasteiger partial charge on any atom is 0.217 e. The van der Waals surface area contributed by atoms with E-state index in [9.17, 15) is 14.4 Å². The highest BCUT2D eigenvalue weighted by Crippen LogP contribution is 2.20. The lowest BCUT2D eigenvalue weighted by atomic mass is 10.00. The van der Waals surface area contributed by atoms with Crippen molar-refractivity contribution in [2.45, 2.75) is 26.3 Å². The van der Waals surface area contributed by atoms with E-state index < -0.39 is 6.04 Å². The second-order valence-electron chi connectivity index (χ2n) is 4.22. The molecule has 0 radical (unpaired) electrons. The molecule has 0 aliphatic rings. The van der Waals surface area contributed by atoms with Gasteiger partial charge in [-0.15, -0.1) is 0 Å². The summed E-state index contributed by atoms with van der Waals surface area (Å²) in [5.74, 6) is -0.962. The van der Waals surface area contributed by atoms with E-state index in [2.05, 4.69) is 5.32 Å². The summed E-state index contributed by atoms with van der Waals surface area (Å²) in [4.78, 5) is 34.4. The number of anilines is 1. The number of hydrogen-bond donors (Lipinski definition) is 2. The van der Waals surface area contributed by atoms with Crippen LogP contribution in [0.25, 0.3) is 0 Å². The van der Waals surface area contributed by atoms with Crippen LogP contribution in [-0.2, 0) is 9.59 Å². The fourth-order valence-corrected chi connectivity index (χ4v) is 1.81. The summed E-state index contributed by atoms with van der Waals surface area (Å²) in [6.45, 7) is 2.61. The number of nitrogens with one attached hydrogen (secondary N) is 1. The molecule has 1 aromatic carbocycles. The SMILES string of the molecule is CC(=O)NC(CC(=O)c1ccc(Cl)cc1N)C(C)=O. The van der Waals surface area contributed by atoms with Crippen molar-refractivity contribution in [2.75, 3.05) is 5.73 Å². The van der Waals surface area contributed by atoms with Crippen LogP contribution in [0.2, 0.25) is 5.02 Å². The lowest BCUT2D eigenvalue weighted by Crippen LogP contribution is -2.40. The molecule has 6 heteroatoms. The van der Waals surface area contributed by atoms with Crippen molar-refractivity contribution < 1.29 is 14.4 Å². The molecule has 0 saturated heterocycles. The quantitative estimate of drug-likeness (QED) is 0.634. The molecule has 0 saturated carbocycles. The van der Waals surface area contributed by atoms with E-state index in [1.54, 1.807) is 6.07 Å². The summed E-state index contributed by atoms with van der Waals surface area (Å²) >= 11 is 5.74. The molecule has 0 spiro atoms. The summed E-state index contributed by atoms with van der Waals surface area (Å²) in [5, 5.41) is 2.86. The van der Waals surface area contributed by atoms with Gasteiger partial charge < -0.3 is 11.1 Å². The number of Topliss-reactive ketones (excluding diaryl/α,β-unsaturated/α-hetero) is 2. The van der Waals surface area contributed by atoms with E-state index in [1.165, 1.54) is 26.0 Å². The number of carbonyl (C=O) groups is 3. The van der Waals surface area contributed by atoms with Gasteiger partial charge in [0.1, 0.15) is 0 Å². The fourth-order valence-electron chi connectivity index (χ4n) is 1.62. The van der Waals surface area contributed by atoms with Gasteiger partial charge in [0, 0.05) is 29.6 Å². The Bertz CT molecular complexity index is 529. The number of nitrogen functional groups attached to an aromatic ring is 1. The van der Waals surface area contributed by atoms with Crippen LogP contribution in [-0.4, -0.2) is 23.5 Å². The summed E-state index contributed by atoms with van der Waals surface area (Å²) in [5.41, 5.74) is 6.24. The van der Waals surface area contributed by atoms with Crippen LogP contribution < -0.4 is 11.1 Å². The second kappa shape index (κ2) is 6.33.